The fourth-order valence-electron chi connectivity index (χ4n) is 2.18. The van der Waals surface area contributed by atoms with E-state index < -0.39 is 18.0 Å². The van der Waals surface area contributed by atoms with Crippen molar-refractivity contribution >= 4 is 30.2 Å². The molecule has 9 heteroatoms. The Bertz CT molecular complexity index is 372. The minimum atomic E-state index is -0.644. The Morgan fingerprint density at radius 1 is 1.30 bits per heavy atom. The lowest BCUT2D eigenvalue weighted by atomic mass is 10.1. The third-order valence-electron chi connectivity index (χ3n) is 3.15. The van der Waals surface area contributed by atoms with E-state index in [2.05, 4.69) is 4.99 Å². The van der Waals surface area contributed by atoms with Crippen LogP contribution in [0.3, 0.4) is 0 Å². The zero-order chi connectivity index (χ0) is 14.4. The summed E-state index contributed by atoms with van der Waals surface area (Å²) >= 11 is 0. The van der Waals surface area contributed by atoms with E-state index in [1.807, 2.05) is 0 Å². The molecule has 2 unspecified atom stereocenters. The van der Waals surface area contributed by atoms with Crippen molar-refractivity contribution in [2.45, 2.75) is 37.8 Å². The third kappa shape index (κ3) is 5.22. The van der Waals surface area contributed by atoms with Gasteiger partial charge in [0.25, 0.3) is 0 Å². The number of guanidine groups is 1. The Balaban J connectivity index is 0.00000361. The first-order chi connectivity index (χ1) is 8.93. The van der Waals surface area contributed by atoms with E-state index in [0.29, 0.717) is 32.4 Å². The highest BCUT2D eigenvalue weighted by Crippen LogP contribution is 2.18. The molecule has 0 saturated carbocycles. The van der Waals surface area contributed by atoms with Gasteiger partial charge in [0.15, 0.2) is 5.96 Å². The summed E-state index contributed by atoms with van der Waals surface area (Å²) in [7, 11) is 0. The average Bonchev–Trinajstić information content (AvgIpc) is 2.82. The van der Waals surface area contributed by atoms with Gasteiger partial charge >= 0.3 is 0 Å². The maximum Gasteiger partial charge on any atom is 0.240 e. The minimum absolute atomic E-state index is 0. The van der Waals surface area contributed by atoms with Crippen molar-refractivity contribution in [3.8, 4) is 0 Å². The number of nitrogens with two attached hydrogens (primary N) is 4. The Morgan fingerprint density at radius 2 is 1.95 bits per heavy atom. The van der Waals surface area contributed by atoms with E-state index in [-0.39, 0.29) is 24.3 Å². The van der Waals surface area contributed by atoms with E-state index in [1.54, 1.807) is 0 Å². The zero-order valence-corrected chi connectivity index (χ0v) is 12.1. The van der Waals surface area contributed by atoms with Crippen LogP contribution < -0.4 is 22.9 Å². The zero-order valence-electron chi connectivity index (χ0n) is 11.3. The molecular formula is C11H23ClN6O2. The topological polar surface area (TPSA) is 154 Å². The first-order valence-corrected chi connectivity index (χ1v) is 6.34. The molecule has 0 aromatic heterocycles. The maximum absolute atomic E-state index is 12.1. The molecule has 8 nitrogen and oxygen atoms in total. The summed E-state index contributed by atoms with van der Waals surface area (Å²) in [5, 5.41) is 0. The summed E-state index contributed by atoms with van der Waals surface area (Å²) in [6, 6.07) is -1.16. The predicted molar refractivity (Wildman–Crippen MR) is 79.1 cm³/mol. The van der Waals surface area contributed by atoms with Gasteiger partial charge in [-0.3, -0.25) is 14.6 Å². The number of carbonyl (C=O) groups is 2. The molecule has 0 aliphatic carbocycles. The molecule has 1 rings (SSSR count). The number of hydrogen-bond donors (Lipinski definition) is 4. The molecule has 0 aromatic carbocycles. The highest BCUT2D eigenvalue weighted by Gasteiger charge is 2.34. The van der Waals surface area contributed by atoms with Crippen LogP contribution in [0.25, 0.3) is 0 Å². The predicted octanol–water partition coefficient (Wildman–Crippen LogP) is -1.73. The van der Waals surface area contributed by atoms with Crippen molar-refractivity contribution in [2.24, 2.45) is 27.9 Å². The molecule has 2 amide bonds. The highest BCUT2D eigenvalue weighted by molar-refractivity contribution is 5.89. The molecule has 1 aliphatic rings. The van der Waals surface area contributed by atoms with E-state index >= 15 is 0 Å². The Morgan fingerprint density at radius 3 is 2.50 bits per heavy atom. The third-order valence-corrected chi connectivity index (χ3v) is 3.15. The Labute approximate surface area is 124 Å². The van der Waals surface area contributed by atoms with Crippen LogP contribution in [0.1, 0.15) is 25.7 Å². The molecule has 1 heterocycles. The van der Waals surface area contributed by atoms with Gasteiger partial charge in [0, 0.05) is 13.1 Å². The maximum atomic E-state index is 12.1. The van der Waals surface area contributed by atoms with Gasteiger partial charge in [0.2, 0.25) is 11.8 Å². The molecule has 0 spiro atoms. The number of halogens is 1. The first kappa shape index (κ1) is 18.5. The van der Waals surface area contributed by atoms with E-state index in [9.17, 15) is 9.59 Å². The van der Waals surface area contributed by atoms with Crippen LogP contribution >= 0.6 is 12.4 Å². The number of primary amides is 1. The second-order valence-electron chi connectivity index (χ2n) is 4.65. The number of hydrogen-bond acceptors (Lipinski definition) is 4. The highest BCUT2D eigenvalue weighted by atomic mass is 35.5. The van der Waals surface area contributed by atoms with Gasteiger partial charge in [-0.25, -0.2) is 0 Å². The number of rotatable bonds is 6. The summed E-state index contributed by atoms with van der Waals surface area (Å²) < 4.78 is 0. The van der Waals surface area contributed by atoms with Gasteiger partial charge in [-0.05, 0) is 25.7 Å². The molecule has 0 radical (unpaired) electrons. The summed E-state index contributed by atoms with van der Waals surface area (Å²) in [6.45, 7) is 0.969. The summed E-state index contributed by atoms with van der Waals surface area (Å²) in [6.07, 6.45) is 2.47. The van der Waals surface area contributed by atoms with Crippen molar-refractivity contribution in [1.82, 2.24) is 4.90 Å². The molecule has 1 saturated heterocycles. The number of amides is 2. The number of nitrogens with zero attached hydrogens (tertiary/aromatic N) is 2. The average molecular weight is 307 g/mol. The van der Waals surface area contributed by atoms with Gasteiger partial charge in [-0.15, -0.1) is 12.4 Å². The van der Waals surface area contributed by atoms with Crippen molar-refractivity contribution in [3.63, 3.8) is 0 Å². The smallest absolute Gasteiger partial charge is 0.240 e. The molecule has 116 valence electrons. The Kier molecular flexibility index (Phi) is 7.93. The Hall–Kier alpha value is -1.54. The van der Waals surface area contributed by atoms with Crippen LogP contribution in [0.5, 0.6) is 0 Å². The SMILES string of the molecule is Cl.NC(=O)C1CCCN1C(=O)C(N)CCCN=C(N)N. The molecule has 0 bridgehead atoms. The van der Waals surface area contributed by atoms with E-state index in [1.165, 1.54) is 4.90 Å². The van der Waals surface area contributed by atoms with Crippen molar-refractivity contribution in [1.29, 1.82) is 0 Å². The summed E-state index contributed by atoms with van der Waals surface area (Å²) in [5.41, 5.74) is 21.5. The van der Waals surface area contributed by atoms with Crippen molar-refractivity contribution in [2.75, 3.05) is 13.1 Å². The quantitative estimate of drug-likeness (QED) is 0.261. The van der Waals surface area contributed by atoms with Crippen molar-refractivity contribution < 1.29 is 9.59 Å². The monoisotopic (exact) mass is 306 g/mol. The summed E-state index contributed by atoms with van der Waals surface area (Å²) in [5.74, 6) is -0.683. The molecule has 2 atom stereocenters. The van der Waals surface area contributed by atoms with Crippen LogP contribution in [0.15, 0.2) is 4.99 Å². The van der Waals surface area contributed by atoms with Gasteiger partial charge in [-0.1, -0.05) is 0 Å². The number of carbonyl (C=O) groups excluding carboxylic acids is 2. The number of likely N-dealkylation sites (tertiary alicyclic amines) is 1. The molecule has 8 N–H and O–H groups in total. The largest absolute Gasteiger partial charge is 0.370 e. The lowest BCUT2D eigenvalue weighted by Crippen LogP contribution is -2.50. The van der Waals surface area contributed by atoms with Crippen molar-refractivity contribution in [3.05, 3.63) is 0 Å². The van der Waals surface area contributed by atoms with Gasteiger partial charge < -0.3 is 27.8 Å². The van der Waals surface area contributed by atoms with E-state index in [0.717, 1.165) is 6.42 Å². The lowest BCUT2D eigenvalue weighted by Gasteiger charge is -2.25. The molecular weight excluding hydrogens is 284 g/mol. The molecule has 1 fully saturated rings. The molecule has 20 heavy (non-hydrogen) atoms. The summed E-state index contributed by atoms with van der Waals surface area (Å²) in [4.78, 5) is 28.6. The van der Waals surface area contributed by atoms with Gasteiger partial charge in [0.05, 0.1) is 6.04 Å². The van der Waals surface area contributed by atoms with Crippen LogP contribution in [0, 0.1) is 0 Å². The fraction of sp³-hybridized carbons (Fsp3) is 0.727. The van der Waals surface area contributed by atoms with Crippen LogP contribution in [0.4, 0.5) is 0 Å². The second kappa shape index (κ2) is 8.60. The molecule has 0 aromatic rings. The lowest BCUT2D eigenvalue weighted by molar-refractivity contribution is -0.138. The van der Waals surface area contributed by atoms with Gasteiger partial charge in [0.1, 0.15) is 6.04 Å². The van der Waals surface area contributed by atoms with Crippen LogP contribution in [-0.2, 0) is 9.59 Å². The van der Waals surface area contributed by atoms with Crippen LogP contribution in [0.2, 0.25) is 0 Å². The standard InChI is InChI=1S/C11H22N6O2.ClH/c12-7(3-1-5-16-11(14)15)10(19)17-6-2-4-8(17)9(13)18;/h7-8H,1-6,12H2,(H2,13,18)(H4,14,15,16);1H. The van der Waals surface area contributed by atoms with E-state index in [4.69, 9.17) is 22.9 Å². The molecule has 1 aliphatic heterocycles. The van der Waals surface area contributed by atoms with Gasteiger partial charge in [-0.2, -0.15) is 0 Å². The first-order valence-electron chi connectivity index (χ1n) is 6.34. The normalized spacial score (nSPS) is 19.1. The number of aliphatic imine (C=N–C) groups is 1. The van der Waals surface area contributed by atoms with Crippen LogP contribution in [-0.4, -0.2) is 47.8 Å². The second-order valence-corrected chi connectivity index (χ2v) is 4.65. The minimum Gasteiger partial charge on any atom is -0.370 e. The fourth-order valence-corrected chi connectivity index (χ4v) is 2.18.